The van der Waals surface area contributed by atoms with Crippen molar-refractivity contribution in [2.45, 2.75) is 25.8 Å². The first-order chi connectivity index (χ1) is 8.49. The van der Waals surface area contributed by atoms with Crippen molar-refractivity contribution in [3.8, 4) is 0 Å². The van der Waals surface area contributed by atoms with Crippen molar-refractivity contribution in [2.24, 2.45) is 0 Å². The van der Waals surface area contributed by atoms with Crippen LogP contribution in [0, 0.1) is 6.92 Å². The molecule has 0 bridgehead atoms. The summed E-state index contributed by atoms with van der Waals surface area (Å²) in [7, 11) is 3.69. The molecular formula is C11H17N5O2. The average Bonchev–Trinajstić information content (AvgIpc) is 2.76. The van der Waals surface area contributed by atoms with Crippen LogP contribution in [0.25, 0.3) is 0 Å². The predicted octanol–water partition coefficient (Wildman–Crippen LogP) is 0.299. The van der Waals surface area contributed by atoms with E-state index in [1.807, 2.05) is 14.1 Å². The summed E-state index contributed by atoms with van der Waals surface area (Å²) in [6, 6.07) is -0.526. The number of anilines is 2. The van der Waals surface area contributed by atoms with Gasteiger partial charge in [-0.15, -0.1) is 0 Å². The molecule has 2 heterocycles. The van der Waals surface area contributed by atoms with Crippen LogP contribution >= 0.6 is 0 Å². The van der Waals surface area contributed by atoms with Gasteiger partial charge in [0.15, 0.2) is 0 Å². The third kappa shape index (κ3) is 2.34. The van der Waals surface area contributed by atoms with E-state index >= 15 is 0 Å². The molecule has 0 aliphatic carbocycles. The van der Waals surface area contributed by atoms with Crippen LogP contribution in [0.15, 0.2) is 0 Å². The number of aliphatic carboxylic acids is 1. The first-order valence-corrected chi connectivity index (χ1v) is 5.88. The molecule has 1 fully saturated rings. The summed E-state index contributed by atoms with van der Waals surface area (Å²) >= 11 is 0. The highest BCUT2D eigenvalue weighted by Gasteiger charge is 2.32. The molecule has 0 amide bonds. The Morgan fingerprint density at radius 2 is 2.11 bits per heavy atom. The van der Waals surface area contributed by atoms with Crippen LogP contribution in [0.1, 0.15) is 18.7 Å². The number of aryl methyl sites for hydroxylation is 1. The number of carboxylic acids is 1. The topological polar surface area (TPSA) is 82.5 Å². The number of aromatic nitrogens is 3. The molecule has 1 aromatic rings. The van der Waals surface area contributed by atoms with E-state index in [9.17, 15) is 4.79 Å². The molecule has 1 aliphatic heterocycles. The van der Waals surface area contributed by atoms with Crippen molar-refractivity contribution in [1.29, 1.82) is 0 Å². The largest absolute Gasteiger partial charge is 0.480 e. The van der Waals surface area contributed by atoms with Gasteiger partial charge in [-0.05, 0) is 19.8 Å². The fraction of sp³-hybridized carbons (Fsp3) is 0.636. The molecule has 18 heavy (non-hydrogen) atoms. The summed E-state index contributed by atoms with van der Waals surface area (Å²) in [5.41, 5.74) is 0. The summed E-state index contributed by atoms with van der Waals surface area (Å²) in [4.78, 5) is 27.5. The maximum Gasteiger partial charge on any atom is 0.326 e. The van der Waals surface area contributed by atoms with E-state index in [1.165, 1.54) is 0 Å². The predicted molar refractivity (Wildman–Crippen MR) is 66.9 cm³/mol. The van der Waals surface area contributed by atoms with E-state index in [0.717, 1.165) is 6.42 Å². The van der Waals surface area contributed by atoms with Crippen molar-refractivity contribution < 1.29 is 9.90 Å². The van der Waals surface area contributed by atoms with Gasteiger partial charge in [-0.25, -0.2) is 4.79 Å². The lowest BCUT2D eigenvalue weighted by Gasteiger charge is -2.22. The van der Waals surface area contributed by atoms with Gasteiger partial charge in [-0.3, -0.25) is 0 Å². The molecule has 1 atom stereocenters. The molecule has 0 radical (unpaired) electrons. The van der Waals surface area contributed by atoms with Gasteiger partial charge in [0.2, 0.25) is 11.9 Å². The van der Waals surface area contributed by atoms with Gasteiger partial charge in [0, 0.05) is 20.6 Å². The van der Waals surface area contributed by atoms with Gasteiger partial charge >= 0.3 is 5.97 Å². The SMILES string of the molecule is Cc1nc(N(C)C)nc(N2CCCC2C(=O)O)n1. The zero-order valence-corrected chi connectivity index (χ0v) is 10.8. The molecule has 2 rings (SSSR count). The van der Waals surface area contributed by atoms with Gasteiger partial charge in [-0.2, -0.15) is 15.0 Å². The number of carbonyl (C=O) groups is 1. The Balaban J connectivity index is 2.35. The Morgan fingerprint density at radius 1 is 1.39 bits per heavy atom. The molecule has 0 aromatic carbocycles. The van der Waals surface area contributed by atoms with Crippen LogP contribution in [0.5, 0.6) is 0 Å². The van der Waals surface area contributed by atoms with Gasteiger partial charge in [0.1, 0.15) is 11.9 Å². The number of rotatable bonds is 3. The summed E-state index contributed by atoms with van der Waals surface area (Å²) < 4.78 is 0. The van der Waals surface area contributed by atoms with Crippen molar-refractivity contribution in [2.75, 3.05) is 30.4 Å². The number of carboxylic acid groups (broad SMARTS) is 1. The van der Waals surface area contributed by atoms with Crippen LogP contribution in [-0.4, -0.2) is 52.7 Å². The second-order valence-electron chi connectivity index (χ2n) is 4.57. The molecule has 1 aliphatic rings. The summed E-state index contributed by atoms with van der Waals surface area (Å²) in [5, 5.41) is 9.17. The van der Waals surface area contributed by atoms with E-state index in [4.69, 9.17) is 5.11 Å². The minimum absolute atomic E-state index is 0.455. The Morgan fingerprint density at radius 3 is 2.72 bits per heavy atom. The standard InChI is InChI=1S/C11H17N5O2/c1-7-12-10(15(2)3)14-11(13-7)16-6-4-5-8(16)9(17)18/h8H,4-6H2,1-3H3,(H,17,18). The van der Waals surface area contributed by atoms with Crippen molar-refractivity contribution in [3.63, 3.8) is 0 Å². The molecule has 7 heteroatoms. The smallest absolute Gasteiger partial charge is 0.326 e. The fourth-order valence-electron chi connectivity index (χ4n) is 2.05. The molecule has 0 spiro atoms. The molecule has 1 unspecified atom stereocenters. The number of hydrogen-bond acceptors (Lipinski definition) is 6. The molecule has 1 saturated heterocycles. The summed E-state index contributed by atoms with van der Waals surface area (Å²) in [6.45, 7) is 2.46. The Kier molecular flexibility index (Phi) is 3.31. The Bertz CT molecular complexity index is 463. The summed E-state index contributed by atoms with van der Waals surface area (Å²) in [6.07, 6.45) is 1.48. The molecule has 1 aromatic heterocycles. The van der Waals surface area contributed by atoms with Crippen LogP contribution in [-0.2, 0) is 4.79 Å². The third-order valence-corrected chi connectivity index (χ3v) is 2.92. The first-order valence-electron chi connectivity index (χ1n) is 5.88. The van der Waals surface area contributed by atoms with Crippen molar-refractivity contribution >= 4 is 17.9 Å². The second-order valence-corrected chi connectivity index (χ2v) is 4.57. The second kappa shape index (κ2) is 4.75. The number of hydrogen-bond donors (Lipinski definition) is 1. The van der Waals surface area contributed by atoms with Gasteiger partial charge < -0.3 is 14.9 Å². The van der Waals surface area contributed by atoms with Crippen molar-refractivity contribution in [1.82, 2.24) is 15.0 Å². The van der Waals surface area contributed by atoms with E-state index in [2.05, 4.69) is 15.0 Å². The van der Waals surface area contributed by atoms with Crippen LogP contribution in [0.4, 0.5) is 11.9 Å². The highest BCUT2D eigenvalue weighted by Crippen LogP contribution is 2.23. The van der Waals surface area contributed by atoms with Crippen LogP contribution in [0.2, 0.25) is 0 Å². The molecule has 7 nitrogen and oxygen atoms in total. The zero-order chi connectivity index (χ0) is 13.3. The van der Waals surface area contributed by atoms with Crippen molar-refractivity contribution in [3.05, 3.63) is 5.82 Å². The zero-order valence-electron chi connectivity index (χ0n) is 10.8. The third-order valence-electron chi connectivity index (χ3n) is 2.92. The average molecular weight is 251 g/mol. The van der Waals surface area contributed by atoms with Gasteiger partial charge in [-0.1, -0.05) is 0 Å². The quantitative estimate of drug-likeness (QED) is 0.827. The van der Waals surface area contributed by atoms with Crippen LogP contribution in [0.3, 0.4) is 0 Å². The van der Waals surface area contributed by atoms with E-state index < -0.39 is 12.0 Å². The Labute approximate surface area is 105 Å². The van der Waals surface area contributed by atoms with E-state index in [-0.39, 0.29) is 0 Å². The maximum atomic E-state index is 11.2. The summed E-state index contributed by atoms with van der Waals surface area (Å²) in [5.74, 6) is 0.779. The maximum absolute atomic E-state index is 11.2. The fourth-order valence-corrected chi connectivity index (χ4v) is 2.05. The minimum atomic E-state index is -0.822. The minimum Gasteiger partial charge on any atom is -0.480 e. The molecular weight excluding hydrogens is 234 g/mol. The highest BCUT2D eigenvalue weighted by molar-refractivity contribution is 5.78. The lowest BCUT2D eigenvalue weighted by atomic mass is 10.2. The van der Waals surface area contributed by atoms with Crippen LogP contribution < -0.4 is 9.80 Å². The molecule has 1 N–H and O–H groups in total. The van der Waals surface area contributed by atoms with Gasteiger partial charge in [0.05, 0.1) is 0 Å². The van der Waals surface area contributed by atoms with E-state index in [0.29, 0.717) is 30.7 Å². The number of nitrogens with zero attached hydrogens (tertiary/aromatic N) is 5. The van der Waals surface area contributed by atoms with E-state index in [1.54, 1.807) is 16.7 Å². The Hall–Kier alpha value is -1.92. The molecule has 98 valence electrons. The molecule has 0 saturated carbocycles. The normalized spacial score (nSPS) is 19.1. The lowest BCUT2D eigenvalue weighted by molar-refractivity contribution is -0.138. The van der Waals surface area contributed by atoms with Gasteiger partial charge in [0.25, 0.3) is 0 Å². The highest BCUT2D eigenvalue weighted by atomic mass is 16.4. The lowest BCUT2D eigenvalue weighted by Crippen LogP contribution is -2.37. The monoisotopic (exact) mass is 251 g/mol. The first kappa shape index (κ1) is 12.5.